The number of hydrogen-bond acceptors (Lipinski definition) is 2. The molecule has 0 aromatic carbocycles. The third-order valence-corrected chi connectivity index (χ3v) is 6.65. The van der Waals surface area contributed by atoms with Crippen molar-refractivity contribution in [1.82, 2.24) is 14.4 Å². The summed E-state index contributed by atoms with van der Waals surface area (Å²) >= 11 is 0. The van der Waals surface area contributed by atoms with Crippen LogP contribution in [-0.4, -0.2) is 45.3 Å². The smallest absolute Gasteiger partial charge is 0.242 e. The molecule has 0 aliphatic heterocycles. The summed E-state index contributed by atoms with van der Waals surface area (Å²) in [6.45, 7) is 5.87. The lowest BCUT2D eigenvalue weighted by Gasteiger charge is -2.37. The molecule has 1 aromatic rings. The Kier molecular flexibility index (Phi) is 7.79. The van der Waals surface area contributed by atoms with Gasteiger partial charge in [-0.1, -0.05) is 46.0 Å². The van der Waals surface area contributed by atoms with Gasteiger partial charge in [0.1, 0.15) is 6.54 Å². The molecule has 0 N–H and O–H groups in total. The molecule has 162 valence electrons. The lowest BCUT2D eigenvalue weighted by molar-refractivity contribution is -0.146. The minimum atomic E-state index is 0.0943. The van der Waals surface area contributed by atoms with Gasteiger partial charge in [0.2, 0.25) is 11.8 Å². The van der Waals surface area contributed by atoms with Crippen molar-refractivity contribution in [3.8, 4) is 0 Å². The molecular weight excluding hydrogens is 362 g/mol. The number of carbonyl (C=O) groups is 2. The number of nitrogens with zero attached hydrogens (tertiary/aromatic N) is 3. The molecule has 0 radical (unpaired) electrons. The fraction of sp³-hybridized carbons (Fsp3) is 0.750. The Morgan fingerprint density at radius 3 is 2.31 bits per heavy atom. The zero-order valence-electron chi connectivity index (χ0n) is 18.6. The lowest BCUT2D eigenvalue weighted by atomic mass is 9.92. The number of hydrogen-bond donors (Lipinski definition) is 0. The van der Waals surface area contributed by atoms with Crippen molar-refractivity contribution in [3.63, 3.8) is 0 Å². The first-order valence-electron chi connectivity index (χ1n) is 11.6. The van der Waals surface area contributed by atoms with E-state index in [0.717, 1.165) is 50.8 Å². The molecule has 2 amide bonds. The standard InChI is InChI=1S/C24H39N3O2/c1-19(2)16-26(17-22-14-9-15-25(22)3)23(28)18-27(21-12-5-4-6-13-21)24(29)20-10-7-8-11-20/h9,14-15,19-21H,4-8,10-13,16-18H2,1-3H3. The molecule has 0 atom stereocenters. The summed E-state index contributed by atoms with van der Waals surface area (Å²) in [4.78, 5) is 30.7. The Bertz CT molecular complexity index is 669. The van der Waals surface area contributed by atoms with Crippen LogP contribution in [-0.2, 0) is 23.2 Å². The molecule has 3 rings (SSSR count). The lowest BCUT2D eigenvalue weighted by Crippen LogP contribution is -2.50. The second-order valence-corrected chi connectivity index (χ2v) is 9.52. The average molecular weight is 402 g/mol. The fourth-order valence-electron chi connectivity index (χ4n) is 4.98. The first-order chi connectivity index (χ1) is 14.0. The first-order valence-corrected chi connectivity index (χ1v) is 11.6. The maximum atomic E-state index is 13.4. The van der Waals surface area contributed by atoms with Crippen molar-refractivity contribution in [3.05, 3.63) is 24.0 Å². The van der Waals surface area contributed by atoms with Crippen LogP contribution in [0.2, 0.25) is 0 Å². The van der Waals surface area contributed by atoms with Gasteiger partial charge in [0.25, 0.3) is 0 Å². The largest absolute Gasteiger partial charge is 0.353 e. The maximum absolute atomic E-state index is 13.4. The predicted molar refractivity (Wildman–Crippen MR) is 116 cm³/mol. The number of rotatable bonds is 8. The van der Waals surface area contributed by atoms with Crippen molar-refractivity contribution >= 4 is 11.8 Å². The average Bonchev–Trinajstić information content (AvgIpc) is 3.37. The summed E-state index contributed by atoms with van der Waals surface area (Å²) < 4.78 is 2.07. The van der Waals surface area contributed by atoms with Crippen molar-refractivity contribution in [2.75, 3.05) is 13.1 Å². The monoisotopic (exact) mass is 401 g/mol. The van der Waals surface area contributed by atoms with Gasteiger partial charge in [-0.2, -0.15) is 0 Å². The summed E-state index contributed by atoms with van der Waals surface area (Å²) in [7, 11) is 2.02. The topological polar surface area (TPSA) is 45.6 Å². The molecule has 2 aliphatic carbocycles. The number of aromatic nitrogens is 1. The van der Waals surface area contributed by atoms with Crippen molar-refractivity contribution in [2.24, 2.45) is 18.9 Å². The van der Waals surface area contributed by atoms with E-state index in [-0.39, 0.29) is 30.3 Å². The van der Waals surface area contributed by atoms with Gasteiger partial charge >= 0.3 is 0 Å². The highest BCUT2D eigenvalue weighted by Crippen LogP contribution is 2.30. The minimum Gasteiger partial charge on any atom is -0.353 e. The van der Waals surface area contributed by atoms with E-state index < -0.39 is 0 Å². The molecular formula is C24H39N3O2. The Morgan fingerprint density at radius 1 is 1.07 bits per heavy atom. The molecule has 29 heavy (non-hydrogen) atoms. The summed E-state index contributed by atoms with van der Waals surface area (Å²) in [5.41, 5.74) is 1.13. The van der Waals surface area contributed by atoms with Gasteiger partial charge in [-0.15, -0.1) is 0 Å². The van der Waals surface area contributed by atoms with Gasteiger partial charge in [0.15, 0.2) is 0 Å². The predicted octanol–water partition coefficient (Wildman–Crippen LogP) is 4.36. The molecule has 5 nitrogen and oxygen atoms in total. The van der Waals surface area contributed by atoms with Crippen molar-refractivity contribution in [1.29, 1.82) is 0 Å². The number of amides is 2. The minimum absolute atomic E-state index is 0.0943. The second-order valence-electron chi connectivity index (χ2n) is 9.52. The van der Waals surface area contributed by atoms with E-state index in [1.807, 2.05) is 29.1 Å². The zero-order chi connectivity index (χ0) is 20.8. The van der Waals surface area contributed by atoms with E-state index in [1.165, 1.54) is 19.3 Å². The van der Waals surface area contributed by atoms with Crippen molar-refractivity contribution < 1.29 is 9.59 Å². The van der Waals surface area contributed by atoms with Crippen LogP contribution >= 0.6 is 0 Å². The normalized spacial score (nSPS) is 18.3. The van der Waals surface area contributed by atoms with Gasteiger partial charge in [-0.05, 0) is 43.7 Å². The van der Waals surface area contributed by atoms with E-state index in [0.29, 0.717) is 12.5 Å². The quantitative estimate of drug-likeness (QED) is 0.650. The Morgan fingerprint density at radius 2 is 1.72 bits per heavy atom. The third-order valence-electron chi connectivity index (χ3n) is 6.65. The van der Waals surface area contributed by atoms with Crippen LogP contribution in [0.1, 0.15) is 77.3 Å². The van der Waals surface area contributed by atoms with Crippen LogP contribution in [0.3, 0.4) is 0 Å². The molecule has 2 saturated carbocycles. The molecule has 1 heterocycles. The van der Waals surface area contributed by atoms with E-state index in [2.05, 4.69) is 24.5 Å². The SMILES string of the molecule is CC(C)CN(Cc1cccn1C)C(=O)CN(C(=O)C1CCCC1)C1CCCCC1. The Balaban J connectivity index is 1.74. The molecule has 2 aliphatic rings. The van der Waals surface area contributed by atoms with E-state index in [9.17, 15) is 9.59 Å². The van der Waals surface area contributed by atoms with Gasteiger partial charge in [-0.3, -0.25) is 9.59 Å². The maximum Gasteiger partial charge on any atom is 0.242 e. The molecule has 0 spiro atoms. The van der Waals surface area contributed by atoms with E-state index >= 15 is 0 Å². The first kappa shape index (κ1) is 21.9. The van der Waals surface area contributed by atoms with Crippen molar-refractivity contribution in [2.45, 2.75) is 84.2 Å². The molecule has 1 aromatic heterocycles. The number of aryl methyl sites for hydroxylation is 1. The van der Waals surface area contributed by atoms with Gasteiger partial charge in [-0.25, -0.2) is 0 Å². The van der Waals surface area contributed by atoms with Crippen LogP contribution in [0.25, 0.3) is 0 Å². The summed E-state index contributed by atoms with van der Waals surface area (Å²) in [5.74, 6) is 0.868. The molecule has 5 heteroatoms. The number of carbonyl (C=O) groups excluding carboxylic acids is 2. The highest BCUT2D eigenvalue weighted by molar-refractivity contribution is 5.86. The van der Waals surface area contributed by atoms with Crippen LogP contribution in [0, 0.1) is 11.8 Å². The van der Waals surface area contributed by atoms with Gasteiger partial charge in [0, 0.05) is 37.4 Å². The summed E-state index contributed by atoms with van der Waals surface area (Å²) in [5, 5.41) is 0. The zero-order valence-corrected chi connectivity index (χ0v) is 18.6. The second kappa shape index (κ2) is 10.3. The third kappa shape index (κ3) is 5.86. The Labute approximate surface area is 176 Å². The van der Waals surface area contributed by atoms with Crippen LogP contribution in [0.5, 0.6) is 0 Å². The summed E-state index contributed by atoms with van der Waals surface area (Å²) in [6, 6.07) is 4.34. The fourth-order valence-corrected chi connectivity index (χ4v) is 4.98. The van der Waals surface area contributed by atoms with Crippen LogP contribution in [0.15, 0.2) is 18.3 Å². The molecule has 2 fully saturated rings. The van der Waals surface area contributed by atoms with Gasteiger partial charge < -0.3 is 14.4 Å². The van der Waals surface area contributed by atoms with E-state index in [1.54, 1.807) is 0 Å². The highest BCUT2D eigenvalue weighted by atomic mass is 16.2. The molecule has 0 saturated heterocycles. The highest BCUT2D eigenvalue weighted by Gasteiger charge is 2.34. The molecule has 0 bridgehead atoms. The van der Waals surface area contributed by atoms with E-state index in [4.69, 9.17) is 0 Å². The van der Waals surface area contributed by atoms with Gasteiger partial charge in [0.05, 0.1) is 6.54 Å². The van der Waals surface area contributed by atoms with Crippen LogP contribution in [0.4, 0.5) is 0 Å². The van der Waals surface area contributed by atoms with Crippen LogP contribution < -0.4 is 0 Å². The Hall–Kier alpha value is -1.78. The summed E-state index contributed by atoms with van der Waals surface area (Å²) in [6.07, 6.45) is 12.0. The molecule has 0 unspecified atom stereocenters.